The number of rotatable bonds is 2. The average Bonchev–Trinajstić information content (AvgIpc) is 2.01. The van der Waals surface area contributed by atoms with Gasteiger partial charge in [0.05, 0.1) is 0 Å². The molecule has 0 aliphatic carbocycles. The van der Waals surface area contributed by atoms with Crippen LogP contribution < -0.4 is 0 Å². The van der Waals surface area contributed by atoms with E-state index in [4.69, 9.17) is 10.2 Å². The standard InChI is InChI=1S/C9H6F2O3/c10-7-3-5(12)4-8(11)6(7)1-2-9(13)14/h1-4,12H,(H,13,14)/b2-1+. The van der Waals surface area contributed by atoms with Gasteiger partial charge in [0.1, 0.15) is 17.4 Å². The van der Waals surface area contributed by atoms with Crippen LogP contribution in [0.2, 0.25) is 0 Å². The van der Waals surface area contributed by atoms with Crippen molar-refractivity contribution in [2.24, 2.45) is 0 Å². The van der Waals surface area contributed by atoms with Crippen molar-refractivity contribution in [2.75, 3.05) is 0 Å². The summed E-state index contributed by atoms with van der Waals surface area (Å²) in [6, 6.07) is 1.40. The van der Waals surface area contributed by atoms with E-state index in [1.807, 2.05) is 0 Å². The maximum atomic E-state index is 12.9. The van der Waals surface area contributed by atoms with Gasteiger partial charge in [-0.2, -0.15) is 0 Å². The van der Waals surface area contributed by atoms with Gasteiger partial charge in [0.25, 0.3) is 0 Å². The Hall–Kier alpha value is -1.91. The molecule has 74 valence electrons. The maximum absolute atomic E-state index is 12.9. The highest BCUT2D eigenvalue weighted by molar-refractivity contribution is 5.85. The van der Waals surface area contributed by atoms with Gasteiger partial charge in [0.2, 0.25) is 0 Å². The molecular weight excluding hydrogens is 194 g/mol. The van der Waals surface area contributed by atoms with Gasteiger partial charge in [0, 0.05) is 23.8 Å². The van der Waals surface area contributed by atoms with E-state index in [0.29, 0.717) is 18.2 Å². The molecule has 1 aromatic rings. The van der Waals surface area contributed by atoms with Gasteiger partial charge < -0.3 is 10.2 Å². The first-order chi connectivity index (χ1) is 6.50. The zero-order valence-corrected chi connectivity index (χ0v) is 6.87. The van der Waals surface area contributed by atoms with Crippen LogP contribution in [-0.4, -0.2) is 16.2 Å². The number of aromatic hydroxyl groups is 1. The molecule has 0 heterocycles. The summed E-state index contributed by atoms with van der Waals surface area (Å²) in [5.74, 6) is -3.88. The minimum absolute atomic E-state index is 0.495. The van der Waals surface area contributed by atoms with Crippen molar-refractivity contribution in [3.63, 3.8) is 0 Å². The van der Waals surface area contributed by atoms with Crippen LogP contribution in [0.1, 0.15) is 5.56 Å². The van der Waals surface area contributed by atoms with E-state index in [0.717, 1.165) is 6.08 Å². The zero-order chi connectivity index (χ0) is 10.7. The Balaban J connectivity index is 3.15. The van der Waals surface area contributed by atoms with Gasteiger partial charge in [-0.1, -0.05) is 0 Å². The highest BCUT2D eigenvalue weighted by Crippen LogP contribution is 2.20. The number of hydrogen-bond donors (Lipinski definition) is 2. The first kappa shape index (κ1) is 10.2. The maximum Gasteiger partial charge on any atom is 0.328 e. The number of carbonyl (C=O) groups is 1. The lowest BCUT2D eigenvalue weighted by Gasteiger charge is -1.99. The Morgan fingerprint density at radius 1 is 1.29 bits per heavy atom. The summed E-state index contributed by atoms with van der Waals surface area (Å²) < 4.78 is 25.8. The first-order valence-corrected chi connectivity index (χ1v) is 3.59. The molecule has 1 aromatic carbocycles. The van der Waals surface area contributed by atoms with Crippen LogP contribution >= 0.6 is 0 Å². The van der Waals surface area contributed by atoms with Crippen molar-refractivity contribution in [1.82, 2.24) is 0 Å². The molecule has 0 unspecified atom stereocenters. The number of phenols is 1. The van der Waals surface area contributed by atoms with Crippen LogP contribution in [0.4, 0.5) is 8.78 Å². The normalized spacial score (nSPS) is 10.7. The van der Waals surface area contributed by atoms with Crippen LogP contribution in [0.25, 0.3) is 6.08 Å². The molecule has 14 heavy (non-hydrogen) atoms. The fourth-order valence-corrected chi connectivity index (χ4v) is 0.885. The number of phenolic OH excluding ortho intramolecular Hbond substituents is 1. The summed E-state index contributed by atoms with van der Waals surface area (Å²) in [5, 5.41) is 17.0. The van der Waals surface area contributed by atoms with Crippen LogP contribution in [0.15, 0.2) is 18.2 Å². The van der Waals surface area contributed by atoms with Crippen LogP contribution in [0.3, 0.4) is 0 Å². The number of carboxylic acid groups (broad SMARTS) is 1. The molecule has 3 nitrogen and oxygen atoms in total. The number of halogens is 2. The molecule has 2 N–H and O–H groups in total. The SMILES string of the molecule is O=C(O)/C=C/c1c(F)cc(O)cc1F. The van der Waals surface area contributed by atoms with Crippen molar-refractivity contribution in [3.8, 4) is 5.75 Å². The third kappa shape index (κ3) is 2.29. The summed E-state index contributed by atoms with van der Waals surface area (Å²) in [6.45, 7) is 0. The fraction of sp³-hybridized carbons (Fsp3) is 0. The number of aliphatic carboxylic acids is 1. The lowest BCUT2D eigenvalue weighted by Crippen LogP contribution is -1.91. The Morgan fingerprint density at radius 3 is 2.21 bits per heavy atom. The van der Waals surface area contributed by atoms with E-state index in [-0.39, 0.29) is 0 Å². The topological polar surface area (TPSA) is 57.5 Å². The molecular formula is C9H6F2O3. The predicted octanol–water partition coefficient (Wildman–Crippen LogP) is 1.77. The summed E-state index contributed by atoms with van der Waals surface area (Å²) in [6.07, 6.45) is 1.39. The van der Waals surface area contributed by atoms with Gasteiger partial charge >= 0.3 is 5.97 Å². The lowest BCUT2D eigenvalue weighted by atomic mass is 10.1. The summed E-state index contributed by atoms with van der Waals surface area (Å²) >= 11 is 0. The number of hydrogen-bond acceptors (Lipinski definition) is 2. The van der Waals surface area contributed by atoms with Crippen molar-refractivity contribution in [3.05, 3.63) is 35.4 Å². The van der Waals surface area contributed by atoms with Gasteiger partial charge in [-0.3, -0.25) is 0 Å². The van der Waals surface area contributed by atoms with E-state index >= 15 is 0 Å². The second kappa shape index (κ2) is 3.87. The molecule has 0 radical (unpaired) electrons. The molecule has 0 aromatic heterocycles. The largest absolute Gasteiger partial charge is 0.508 e. The van der Waals surface area contributed by atoms with Crippen molar-refractivity contribution < 1.29 is 23.8 Å². The van der Waals surface area contributed by atoms with Gasteiger partial charge in [0.15, 0.2) is 0 Å². The number of carboxylic acids is 1. The molecule has 0 spiro atoms. The second-order valence-corrected chi connectivity index (χ2v) is 2.49. The van der Waals surface area contributed by atoms with E-state index in [9.17, 15) is 13.6 Å². The second-order valence-electron chi connectivity index (χ2n) is 2.49. The molecule has 5 heteroatoms. The molecule has 0 fully saturated rings. The molecule has 0 bridgehead atoms. The fourth-order valence-electron chi connectivity index (χ4n) is 0.885. The zero-order valence-electron chi connectivity index (χ0n) is 6.87. The predicted molar refractivity (Wildman–Crippen MR) is 44.7 cm³/mol. The van der Waals surface area contributed by atoms with Crippen molar-refractivity contribution in [1.29, 1.82) is 0 Å². The Bertz CT molecular complexity index is 376. The molecule has 0 saturated carbocycles. The highest BCUT2D eigenvalue weighted by Gasteiger charge is 2.08. The average molecular weight is 200 g/mol. The molecule has 0 amide bonds. The van der Waals surface area contributed by atoms with E-state index in [2.05, 4.69) is 0 Å². The van der Waals surface area contributed by atoms with E-state index in [1.165, 1.54) is 0 Å². The first-order valence-electron chi connectivity index (χ1n) is 3.59. The van der Waals surface area contributed by atoms with Gasteiger partial charge in [-0.25, -0.2) is 13.6 Å². The Kier molecular flexibility index (Phi) is 2.81. The highest BCUT2D eigenvalue weighted by atomic mass is 19.1. The van der Waals surface area contributed by atoms with Crippen molar-refractivity contribution in [2.45, 2.75) is 0 Å². The Labute approximate surface area is 77.9 Å². The van der Waals surface area contributed by atoms with Crippen LogP contribution in [-0.2, 0) is 4.79 Å². The smallest absolute Gasteiger partial charge is 0.328 e. The van der Waals surface area contributed by atoms with E-state index in [1.54, 1.807) is 0 Å². The molecule has 0 aliphatic heterocycles. The third-order valence-electron chi connectivity index (χ3n) is 1.46. The van der Waals surface area contributed by atoms with E-state index < -0.39 is 28.9 Å². The minimum Gasteiger partial charge on any atom is -0.508 e. The molecule has 0 aliphatic rings. The summed E-state index contributed by atoms with van der Waals surface area (Å²) in [7, 11) is 0. The van der Waals surface area contributed by atoms with Gasteiger partial charge in [-0.05, 0) is 6.08 Å². The summed E-state index contributed by atoms with van der Waals surface area (Å²) in [5.41, 5.74) is -0.495. The summed E-state index contributed by atoms with van der Waals surface area (Å²) in [4.78, 5) is 10.1. The molecule has 0 atom stereocenters. The lowest BCUT2D eigenvalue weighted by molar-refractivity contribution is -0.131. The van der Waals surface area contributed by atoms with Crippen LogP contribution in [0.5, 0.6) is 5.75 Å². The Morgan fingerprint density at radius 2 is 1.79 bits per heavy atom. The molecule has 1 rings (SSSR count). The molecule has 0 saturated heterocycles. The quantitative estimate of drug-likeness (QED) is 0.715. The van der Waals surface area contributed by atoms with Crippen LogP contribution in [0, 0.1) is 11.6 Å². The third-order valence-corrected chi connectivity index (χ3v) is 1.46. The van der Waals surface area contributed by atoms with Crippen molar-refractivity contribution >= 4 is 12.0 Å². The number of benzene rings is 1. The minimum atomic E-state index is -1.31. The van der Waals surface area contributed by atoms with Gasteiger partial charge in [-0.15, -0.1) is 0 Å². The monoisotopic (exact) mass is 200 g/mol.